The molecule has 0 aliphatic heterocycles. The molecule has 1 aliphatic carbocycles. The minimum Gasteiger partial charge on any atom is -0.322 e. The van der Waals surface area contributed by atoms with Crippen LogP contribution in [0.2, 0.25) is 10.0 Å². The number of halogens is 2. The van der Waals surface area contributed by atoms with Crippen LogP contribution in [0.3, 0.4) is 0 Å². The van der Waals surface area contributed by atoms with Crippen molar-refractivity contribution in [1.82, 2.24) is 20.2 Å². The van der Waals surface area contributed by atoms with Crippen LogP contribution in [-0.2, 0) is 4.79 Å². The van der Waals surface area contributed by atoms with Gasteiger partial charge in [0.25, 0.3) is 5.91 Å². The number of aromatic nitrogens is 4. The van der Waals surface area contributed by atoms with Crippen LogP contribution >= 0.6 is 23.2 Å². The first-order chi connectivity index (χ1) is 13.5. The van der Waals surface area contributed by atoms with Crippen LogP contribution in [0.15, 0.2) is 42.9 Å². The number of carbonyl (C=O) groups is 2. The molecule has 0 spiro atoms. The molecule has 0 bridgehead atoms. The van der Waals surface area contributed by atoms with Crippen LogP contribution < -0.4 is 10.6 Å². The highest BCUT2D eigenvalue weighted by molar-refractivity contribution is 6.40. The van der Waals surface area contributed by atoms with Gasteiger partial charge in [0.15, 0.2) is 0 Å². The summed E-state index contributed by atoms with van der Waals surface area (Å²) in [5, 5.41) is 12.5. The second-order valence-corrected chi connectivity index (χ2v) is 7.10. The Balaban J connectivity index is 1.42. The molecule has 0 radical (unpaired) electrons. The fraction of sp³-hybridized carbons (Fsp3) is 0.167. The third kappa shape index (κ3) is 3.83. The van der Waals surface area contributed by atoms with Crippen molar-refractivity contribution in [3.05, 3.63) is 64.3 Å². The molecule has 0 saturated heterocycles. The van der Waals surface area contributed by atoms with Crippen molar-refractivity contribution in [3.8, 4) is 0 Å². The Morgan fingerprint density at radius 1 is 1.11 bits per heavy atom. The largest absolute Gasteiger partial charge is 0.322 e. The fourth-order valence-electron chi connectivity index (χ4n) is 2.88. The minimum absolute atomic E-state index is 0.0350. The molecule has 1 saturated carbocycles. The minimum atomic E-state index is -0.452. The number of hydrogen-bond acceptors (Lipinski definition) is 5. The molecule has 1 aromatic carbocycles. The van der Waals surface area contributed by atoms with E-state index in [9.17, 15) is 9.59 Å². The van der Waals surface area contributed by atoms with Gasteiger partial charge in [-0.3, -0.25) is 14.7 Å². The summed E-state index contributed by atoms with van der Waals surface area (Å²) in [7, 11) is 0. The van der Waals surface area contributed by atoms with E-state index < -0.39 is 5.91 Å². The standard InChI is InChI=1S/C18H14Cl2N6O2/c19-12-2-1-3-13(20)15(12)18(28)24-9-4-5-21-14(6-9)25-17(27)11-7-10(11)16-22-8-23-26-16/h1-6,8,10-11H,7H2,(H,22,23,26)(H2,21,24,25,27,28)/t10-,11+/m0/s1. The molecular weight excluding hydrogens is 403 g/mol. The van der Waals surface area contributed by atoms with Crippen molar-refractivity contribution in [2.45, 2.75) is 12.3 Å². The summed E-state index contributed by atoms with van der Waals surface area (Å²) < 4.78 is 0. The van der Waals surface area contributed by atoms with E-state index in [1.54, 1.807) is 30.3 Å². The van der Waals surface area contributed by atoms with Crippen molar-refractivity contribution in [3.63, 3.8) is 0 Å². The molecule has 4 rings (SSSR count). The average Bonchev–Trinajstić information content (AvgIpc) is 3.27. The van der Waals surface area contributed by atoms with Gasteiger partial charge in [-0.05, 0) is 24.6 Å². The lowest BCUT2D eigenvalue weighted by Gasteiger charge is -2.10. The van der Waals surface area contributed by atoms with Crippen LogP contribution in [0.25, 0.3) is 0 Å². The summed E-state index contributed by atoms with van der Waals surface area (Å²) in [6.45, 7) is 0. The molecule has 10 heteroatoms. The highest BCUT2D eigenvalue weighted by atomic mass is 35.5. The van der Waals surface area contributed by atoms with E-state index in [2.05, 4.69) is 30.8 Å². The smallest absolute Gasteiger partial charge is 0.258 e. The molecular formula is C18H14Cl2N6O2. The molecule has 2 heterocycles. The van der Waals surface area contributed by atoms with Gasteiger partial charge in [0.2, 0.25) is 5.91 Å². The Morgan fingerprint density at radius 2 is 1.89 bits per heavy atom. The number of H-pyrrole nitrogens is 1. The first-order valence-electron chi connectivity index (χ1n) is 8.40. The van der Waals surface area contributed by atoms with Crippen LogP contribution in [0.5, 0.6) is 0 Å². The molecule has 2 amide bonds. The van der Waals surface area contributed by atoms with E-state index >= 15 is 0 Å². The van der Waals surface area contributed by atoms with E-state index in [0.717, 1.165) is 0 Å². The van der Waals surface area contributed by atoms with Gasteiger partial charge in [-0.1, -0.05) is 29.3 Å². The zero-order valence-corrected chi connectivity index (χ0v) is 15.8. The van der Waals surface area contributed by atoms with E-state index in [1.165, 1.54) is 12.5 Å². The second kappa shape index (κ2) is 7.57. The number of anilines is 2. The molecule has 2 atom stereocenters. The Bertz CT molecular complexity index is 1020. The van der Waals surface area contributed by atoms with Crippen LogP contribution in [-0.4, -0.2) is 32.0 Å². The summed E-state index contributed by atoms with van der Waals surface area (Å²) in [6.07, 6.45) is 3.60. The number of carbonyl (C=O) groups excluding carboxylic acids is 2. The molecule has 28 heavy (non-hydrogen) atoms. The lowest BCUT2D eigenvalue weighted by atomic mass is 10.2. The maximum atomic E-state index is 12.5. The molecule has 1 fully saturated rings. The van der Waals surface area contributed by atoms with Gasteiger partial charge in [0.1, 0.15) is 18.0 Å². The Morgan fingerprint density at radius 3 is 2.61 bits per heavy atom. The van der Waals surface area contributed by atoms with Crippen LogP contribution in [0.4, 0.5) is 11.5 Å². The second-order valence-electron chi connectivity index (χ2n) is 6.29. The lowest BCUT2D eigenvalue weighted by Crippen LogP contribution is -2.17. The molecule has 2 aromatic heterocycles. The number of amides is 2. The van der Waals surface area contributed by atoms with Crippen molar-refractivity contribution in [1.29, 1.82) is 0 Å². The monoisotopic (exact) mass is 416 g/mol. The summed E-state index contributed by atoms with van der Waals surface area (Å²) in [5.74, 6) is 0.267. The maximum absolute atomic E-state index is 12.5. The maximum Gasteiger partial charge on any atom is 0.258 e. The third-order valence-corrected chi connectivity index (χ3v) is 5.00. The number of hydrogen-bond donors (Lipinski definition) is 3. The van der Waals surface area contributed by atoms with Crippen molar-refractivity contribution < 1.29 is 9.59 Å². The summed E-state index contributed by atoms with van der Waals surface area (Å²) in [4.78, 5) is 33.1. The first-order valence-corrected chi connectivity index (χ1v) is 9.16. The third-order valence-electron chi connectivity index (χ3n) is 4.37. The molecule has 3 N–H and O–H groups in total. The fourth-order valence-corrected chi connectivity index (χ4v) is 3.45. The van der Waals surface area contributed by atoms with Gasteiger partial charge >= 0.3 is 0 Å². The molecule has 0 unspecified atom stereocenters. The van der Waals surface area contributed by atoms with Gasteiger partial charge in [0.05, 0.1) is 15.6 Å². The van der Waals surface area contributed by atoms with Crippen molar-refractivity contribution >= 4 is 46.5 Å². The number of aromatic amines is 1. The highest BCUT2D eigenvalue weighted by Crippen LogP contribution is 2.46. The molecule has 142 valence electrons. The predicted molar refractivity (Wildman–Crippen MR) is 105 cm³/mol. The summed E-state index contributed by atoms with van der Waals surface area (Å²) >= 11 is 12.1. The van der Waals surface area contributed by atoms with Crippen molar-refractivity contribution in [2.24, 2.45) is 5.92 Å². The van der Waals surface area contributed by atoms with Crippen molar-refractivity contribution in [2.75, 3.05) is 10.6 Å². The first kappa shape index (κ1) is 18.4. The van der Waals surface area contributed by atoms with E-state index in [4.69, 9.17) is 23.2 Å². The number of nitrogens with one attached hydrogen (secondary N) is 3. The zero-order valence-electron chi connectivity index (χ0n) is 14.3. The van der Waals surface area contributed by atoms with Gasteiger partial charge in [-0.25, -0.2) is 9.97 Å². The van der Waals surface area contributed by atoms with E-state index in [0.29, 0.717) is 23.8 Å². The topological polar surface area (TPSA) is 113 Å². The van der Waals surface area contributed by atoms with Gasteiger partial charge in [0, 0.05) is 29.8 Å². The van der Waals surface area contributed by atoms with Crippen LogP contribution in [0, 0.1) is 5.92 Å². The molecule has 1 aliphatic rings. The summed E-state index contributed by atoms with van der Waals surface area (Å²) in [6, 6.07) is 7.99. The van der Waals surface area contributed by atoms with Gasteiger partial charge < -0.3 is 10.6 Å². The number of rotatable bonds is 5. The van der Waals surface area contributed by atoms with Gasteiger partial charge in [-0.15, -0.1) is 0 Å². The number of benzene rings is 1. The Kier molecular flexibility index (Phi) is 4.97. The molecule has 3 aromatic rings. The Labute approximate surface area is 169 Å². The highest BCUT2D eigenvalue weighted by Gasteiger charge is 2.46. The lowest BCUT2D eigenvalue weighted by molar-refractivity contribution is -0.117. The van der Waals surface area contributed by atoms with E-state index in [-0.39, 0.29) is 33.4 Å². The Hall–Kier alpha value is -2.97. The van der Waals surface area contributed by atoms with E-state index in [1.807, 2.05) is 0 Å². The van der Waals surface area contributed by atoms with Crippen LogP contribution in [0.1, 0.15) is 28.5 Å². The normalized spacial score (nSPS) is 17.8. The van der Waals surface area contributed by atoms with Gasteiger partial charge in [-0.2, -0.15) is 5.10 Å². The molecule has 8 nitrogen and oxygen atoms in total. The quantitative estimate of drug-likeness (QED) is 0.588. The zero-order chi connectivity index (χ0) is 19.7. The predicted octanol–water partition coefficient (Wildman–Crippen LogP) is 3.50. The number of pyridine rings is 1. The average molecular weight is 417 g/mol. The summed E-state index contributed by atoms with van der Waals surface area (Å²) in [5.41, 5.74) is 0.634. The number of nitrogens with zero attached hydrogens (tertiary/aromatic N) is 3. The SMILES string of the molecule is O=C(Nc1ccnc(NC(=O)[C@@H]2C[C@@H]2c2ncn[nH]2)c1)c1c(Cl)cccc1Cl.